The Morgan fingerprint density at radius 3 is 2.22 bits per heavy atom. The molecule has 0 spiro atoms. The summed E-state index contributed by atoms with van der Waals surface area (Å²) in [5.41, 5.74) is 0.446. The van der Waals surface area contributed by atoms with Gasteiger partial charge in [-0.25, -0.2) is 14.4 Å². The van der Waals surface area contributed by atoms with E-state index < -0.39 is 35.4 Å². The van der Waals surface area contributed by atoms with E-state index in [1.807, 2.05) is 0 Å². The zero-order valence-electron chi connectivity index (χ0n) is 20.8. The molecule has 1 aromatic heterocycles. The van der Waals surface area contributed by atoms with Gasteiger partial charge < -0.3 is 29.2 Å². The van der Waals surface area contributed by atoms with Crippen molar-refractivity contribution in [2.45, 2.75) is 59.4 Å². The van der Waals surface area contributed by atoms with Crippen LogP contribution in [0.15, 0.2) is 18.2 Å². The minimum absolute atomic E-state index is 0.0526. The maximum atomic E-state index is 12.8. The van der Waals surface area contributed by atoms with Crippen LogP contribution >= 0.6 is 0 Å². The van der Waals surface area contributed by atoms with Crippen molar-refractivity contribution < 1.29 is 46.5 Å². The second-order valence-electron chi connectivity index (χ2n) is 8.51. The number of carbonyl (C=O) groups excluding carboxylic acids is 3. The molecule has 1 aromatic carbocycles. The number of hydrogen-bond acceptors (Lipinski definition) is 8. The number of halogens is 3. The summed E-state index contributed by atoms with van der Waals surface area (Å²) >= 11 is 0. The predicted octanol–water partition coefficient (Wildman–Crippen LogP) is 4.80. The highest BCUT2D eigenvalue weighted by atomic mass is 19.4. The lowest BCUT2D eigenvalue weighted by Gasteiger charge is -2.19. The van der Waals surface area contributed by atoms with E-state index in [-0.39, 0.29) is 35.8 Å². The van der Waals surface area contributed by atoms with Crippen molar-refractivity contribution in [3.8, 4) is 11.5 Å². The molecule has 0 bridgehead atoms. The number of aromatic nitrogens is 1. The van der Waals surface area contributed by atoms with Crippen LogP contribution in [0.1, 0.15) is 66.7 Å². The molecule has 1 heterocycles. The van der Waals surface area contributed by atoms with Gasteiger partial charge in [-0.15, -0.1) is 0 Å². The number of aromatic amines is 1. The Labute approximate surface area is 206 Å². The largest absolute Gasteiger partial charge is 0.493 e. The highest BCUT2D eigenvalue weighted by molar-refractivity contribution is 5.99. The number of rotatable bonds is 9. The Morgan fingerprint density at radius 1 is 1.03 bits per heavy atom. The van der Waals surface area contributed by atoms with Crippen LogP contribution in [-0.4, -0.2) is 48.4 Å². The van der Waals surface area contributed by atoms with Gasteiger partial charge in [0.2, 0.25) is 0 Å². The lowest BCUT2D eigenvalue weighted by molar-refractivity contribution is -0.189. The maximum Gasteiger partial charge on any atom is 0.491 e. The Bertz CT molecular complexity index is 1120. The van der Waals surface area contributed by atoms with Gasteiger partial charge in [-0.1, -0.05) is 6.92 Å². The van der Waals surface area contributed by atoms with Crippen molar-refractivity contribution in [2.75, 3.05) is 19.0 Å². The molecule has 2 rings (SSSR count). The lowest BCUT2D eigenvalue weighted by atomic mass is 10.1. The molecule has 198 valence electrons. The Kier molecular flexibility index (Phi) is 9.00. The predicted molar refractivity (Wildman–Crippen MR) is 123 cm³/mol. The van der Waals surface area contributed by atoms with E-state index in [4.69, 9.17) is 14.2 Å². The van der Waals surface area contributed by atoms with Crippen LogP contribution in [0, 0.1) is 0 Å². The van der Waals surface area contributed by atoms with Crippen molar-refractivity contribution in [1.29, 1.82) is 0 Å². The van der Waals surface area contributed by atoms with Crippen LogP contribution in [0.25, 0.3) is 0 Å². The van der Waals surface area contributed by atoms with E-state index in [2.05, 4.69) is 15.0 Å². The molecule has 0 unspecified atom stereocenters. The quantitative estimate of drug-likeness (QED) is 0.362. The van der Waals surface area contributed by atoms with E-state index >= 15 is 0 Å². The molecule has 0 fully saturated rings. The minimum atomic E-state index is -5.19. The maximum absolute atomic E-state index is 12.8. The third-order valence-electron chi connectivity index (χ3n) is 4.68. The summed E-state index contributed by atoms with van der Waals surface area (Å²) in [6.07, 6.45) is -4.87. The molecule has 0 aliphatic carbocycles. The molecular formula is C24H29F3N2O7. The molecule has 0 saturated heterocycles. The molecule has 2 N–H and O–H groups in total. The number of benzene rings is 1. The second-order valence-corrected chi connectivity index (χ2v) is 8.51. The molecule has 36 heavy (non-hydrogen) atoms. The van der Waals surface area contributed by atoms with E-state index in [0.29, 0.717) is 17.7 Å². The number of anilines is 1. The summed E-state index contributed by atoms with van der Waals surface area (Å²) < 4.78 is 58.0. The first-order chi connectivity index (χ1) is 16.7. The molecule has 0 radical (unpaired) electrons. The van der Waals surface area contributed by atoms with Crippen molar-refractivity contribution in [3.05, 3.63) is 40.7 Å². The molecule has 0 atom stereocenters. The Morgan fingerprint density at radius 2 is 1.69 bits per heavy atom. The molecule has 0 amide bonds. The third-order valence-corrected chi connectivity index (χ3v) is 4.68. The molecule has 0 aliphatic rings. The van der Waals surface area contributed by atoms with E-state index in [1.165, 1.54) is 19.2 Å². The summed E-state index contributed by atoms with van der Waals surface area (Å²) in [7, 11) is 1.21. The van der Waals surface area contributed by atoms with Gasteiger partial charge in [0.05, 0.1) is 25.8 Å². The number of esters is 3. The molecule has 9 nitrogen and oxygen atoms in total. The van der Waals surface area contributed by atoms with Gasteiger partial charge in [0.1, 0.15) is 11.3 Å². The average Bonchev–Trinajstić information content (AvgIpc) is 3.15. The van der Waals surface area contributed by atoms with Crippen LogP contribution in [-0.2, 0) is 27.2 Å². The van der Waals surface area contributed by atoms with Crippen LogP contribution < -0.4 is 14.8 Å². The topological polar surface area (TPSA) is 116 Å². The molecule has 0 saturated carbocycles. The zero-order chi connectivity index (χ0) is 27.3. The number of carbonyl (C=O) groups is 3. The first-order valence-corrected chi connectivity index (χ1v) is 11.1. The van der Waals surface area contributed by atoms with E-state index in [1.54, 1.807) is 34.6 Å². The normalized spacial score (nSPS) is 11.6. The van der Waals surface area contributed by atoms with Crippen molar-refractivity contribution in [3.63, 3.8) is 0 Å². The van der Waals surface area contributed by atoms with Crippen molar-refractivity contribution >= 4 is 23.6 Å². The van der Waals surface area contributed by atoms with Crippen LogP contribution in [0.2, 0.25) is 0 Å². The smallest absolute Gasteiger partial charge is 0.491 e. The van der Waals surface area contributed by atoms with Crippen molar-refractivity contribution in [1.82, 2.24) is 4.98 Å². The van der Waals surface area contributed by atoms with Crippen molar-refractivity contribution in [2.24, 2.45) is 0 Å². The van der Waals surface area contributed by atoms with E-state index in [0.717, 1.165) is 6.07 Å². The van der Waals surface area contributed by atoms with Gasteiger partial charge in [0, 0.05) is 17.4 Å². The standard InChI is InChI=1S/C24H29F3N2O7/c1-7-14-18(20(30)34-8-2)15(29-19(14)21(31)36-23(3,4)5)12-28-13-9-10-16(33-6)17(11-13)35-22(32)24(25,26)27/h9-11,28-29H,7-8,12H2,1-6H3. The zero-order valence-corrected chi connectivity index (χ0v) is 20.8. The fraction of sp³-hybridized carbons (Fsp3) is 0.458. The summed E-state index contributed by atoms with van der Waals surface area (Å²) in [6, 6.07) is 3.93. The third kappa shape index (κ3) is 7.15. The molecule has 2 aromatic rings. The monoisotopic (exact) mass is 514 g/mol. The van der Waals surface area contributed by atoms with Crippen LogP contribution in [0.5, 0.6) is 11.5 Å². The Hall–Kier alpha value is -3.70. The van der Waals surface area contributed by atoms with Crippen LogP contribution in [0.4, 0.5) is 18.9 Å². The van der Waals surface area contributed by atoms with Gasteiger partial charge in [0.15, 0.2) is 11.5 Å². The summed E-state index contributed by atoms with van der Waals surface area (Å²) in [6.45, 7) is 8.59. The van der Waals surface area contributed by atoms with Gasteiger partial charge in [0.25, 0.3) is 0 Å². The highest BCUT2D eigenvalue weighted by Crippen LogP contribution is 2.33. The Balaban J connectivity index is 2.41. The average molecular weight is 514 g/mol. The molecule has 12 heteroatoms. The lowest BCUT2D eigenvalue weighted by Crippen LogP contribution is -2.28. The van der Waals surface area contributed by atoms with Gasteiger partial charge in [-0.2, -0.15) is 13.2 Å². The summed E-state index contributed by atoms with van der Waals surface area (Å²) in [4.78, 5) is 39.7. The van der Waals surface area contributed by atoms with Gasteiger partial charge >= 0.3 is 24.1 Å². The SMILES string of the molecule is CCOC(=O)c1c(CNc2ccc(OC)c(OC(=O)C(F)(F)F)c2)[nH]c(C(=O)OC(C)(C)C)c1CC. The number of ether oxygens (including phenoxy) is 4. The number of methoxy groups -OCH3 is 1. The molecular weight excluding hydrogens is 485 g/mol. The number of alkyl halides is 3. The number of hydrogen-bond donors (Lipinski definition) is 2. The fourth-order valence-electron chi connectivity index (χ4n) is 3.25. The minimum Gasteiger partial charge on any atom is -0.493 e. The summed E-state index contributed by atoms with van der Waals surface area (Å²) in [5.74, 6) is -4.24. The van der Waals surface area contributed by atoms with E-state index in [9.17, 15) is 27.6 Å². The van der Waals surface area contributed by atoms with Gasteiger partial charge in [-0.3, -0.25) is 0 Å². The first-order valence-electron chi connectivity index (χ1n) is 11.1. The number of nitrogens with one attached hydrogen (secondary N) is 2. The number of H-pyrrole nitrogens is 1. The second kappa shape index (κ2) is 11.4. The highest BCUT2D eigenvalue weighted by Gasteiger charge is 2.42. The summed E-state index contributed by atoms with van der Waals surface area (Å²) in [5, 5.41) is 2.93. The molecule has 0 aliphatic heterocycles. The van der Waals surface area contributed by atoms with Gasteiger partial charge in [-0.05, 0) is 51.8 Å². The fourth-order valence-corrected chi connectivity index (χ4v) is 3.25. The first kappa shape index (κ1) is 28.5. The van der Waals surface area contributed by atoms with Crippen LogP contribution in [0.3, 0.4) is 0 Å².